The average Bonchev–Trinajstić information content (AvgIpc) is 3.35. The number of hydrogen-bond acceptors (Lipinski definition) is 5. The molecule has 0 radical (unpaired) electrons. The molecule has 5 N–H and O–H groups in total. The standard InChI is InChI=1S/C16H23N7O3/c24-10-13(15-17-5-6-18-15)22-16(26)21-12-7-19-23(8-12)9-14(25)20-11-3-1-2-4-11/h5-8,11,13,24H,1-4,9-10H2,(H,17,18)(H,20,25)(H2,21,22,26). The molecule has 2 heterocycles. The van der Waals surface area contributed by atoms with Crippen molar-refractivity contribution >= 4 is 17.6 Å². The molecule has 0 bridgehead atoms. The van der Waals surface area contributed by atoms with Crippen molar-refractivity contribution in [3.8, 4) is 0 Å². The van der Waals surface area contributed by atoms with Gasteiger partial charge in [0, 0.05) is 24.6 Å². The predicted octanol–water partition coefficient (Wildman–Crippen LogP) is 0.520. The highest BCUT2D eigenvalue weighted by Crippen LogP contribution is 2.17. The Bertz CT molecular complexity index is 722. The monoisotopic (exact) mass is 361 g/mol. The van der Waals surface area contributed by atoms with Crippen LogP contribution in [0.1, 0.15) is 37.5 Å². The fraction of sp³-hybridized carbons (Fsp3) is 0.500. The molecule has 1 fully saturated rings. The second-order valence-electron chi connectivity index (χ2n) is 6.28. The van der Waals surface area contributed by atoms with Gasteiger partial charge in [0.15, 0.2) is 0 Å². The maximum absolute atomic E-state index is 12.0. The van der Waals surface area contributed by atoms with Crippen LogP contribution in [0.2, 0.25) is 0 Å². The molecular weight excluding hydrogens is 338 g/mol. The van der Waals surface area contributed by atoms with Gasteiger partial charge in [0.2, 0.25) is 5.91 Å². The Hall–Kier alpha value is -2.88. The minimum Gasteiger partial charge on any atom is -0.394 e. The Kier molecular flexibility index (Phi) is 5.84. The number of rotatable bonds is 7. The Morgan fingerprint density at radius 1 is 1.38 bits per heavy atom. The van der Waals surface area contributed by atoms with E-state index in [9.17, 15) is 14.7 Å². The summed E-state index contributed by atoms with van der Waals surface area (Å²) < 4.78 is 1.47. The van der Waals surface area contributed by atoms with Crippen LogP contribution in [0.25, 0.3) is 0 Å². The van der Waals surface area contributed by atoms with Crippen molar-refractivity contribution in [2.75, 3.05) is 11.9 Å². The molecule has 2 aromatic heterocycles. The van der Waals surface area contributed by atoms with Gasteiger partial charge in [-0.2, -0.15) is 5.10 Å². The number of nitrogens with one attached hydrogen (secondary N) is 4. The number of carbonyl (C=O) groups is 2. The molecule has 1 atom stereocenters. The van der Waals surface area contributed by atoms with Crippen LogP contribution in [0.3, 0.4) is 0 Å². The quantitative estimate of drug-likeness (QED) is 0.490. The van der Waals surface area contributed by atoms with Gasteiger partial charge < -0.3 is 26.0 Å². The molecule has 1 aliphatic carbocycles. The minimum absolute atomic E-state index is 0.0887. The van der Waals surface area contributed by atoms with E-state index in [1.807, 2.05) is 0 Å². The number of anilines is 1. The molecule has 26 heavy (non-hydrogen) atoms. The molecule has 1 unspecified atom stereocenters. The molecule has 140 valence electrons. The number of amides is 3. The number of aromatic amines is 1. The van der Waals surface area contributed by atoms with Gasteiger partial charge >= 0.3 is 6.03 Å². The summed E-state index contributed by atoms with van der Waals surface area (Å²) in [5.41, 5.74) is 0.451. The summed E-state index contributed by atoms with van der Waals surface area (Å²) in [5.74, 6) is 0.371. The van der Waals surface area contributed by atoms with E-state index in [1.54, 1.807) is 12.4 Å². The Morgan fingerprint density at radius 2 is 2.19 bits per heavy atom. The zero-order valence-electron chi connectivity index (χ0n) is 14.3. The molecule has 0 spiro atoms. The van der Waals surface area contributed by atoms with E-state index in [4.69, 9.17) is 0 Å². The molecule has 1 aliphatic rings. The summed E-state index contributed by atoms with van der Waals surface area (Å²) in [7, 11) is 0. The number of nitrogens with zero attached hydrogens (tertiary/aromatic N) is 3. The first-order valence-electron chi connectivity index (χ1n) is 8.63. The maximum Gasteiger partial charge on any atom is 0.320 e. The lowest BCUT2D eigenvalue weighted by Crippen LogP contribution is -2.35. The Labute approximate surface area is 150 Å². The minimum atomic E-state index is -0.641. The van der Waals surface area contributed by atoms with Crippen molar-refractivity contribution in [3.05, 3.63) is 30.6 Å². The van der Waals surface area contributed by atoms with Crippen LogP contribution >= 0.6 is 0 Å². The molecule has 3 amide bonds. The highest BCUT2D eigenvalue weighted by atomic mass is 16.3. The maximum atomic E-state index is 12.0. The van der Waals surface area contributed by atoms with Crippen LogP contribution in [-0.4, -0.2) is 49.4 Å². The molecule has 10 nitrogen and oxygen atoms in total. The molecule has 0 aliphatic heterocycles. The first kappa shape index (κ1) is 17.9. The molecule has 2 aromatic rings. The van der Waals surface area contributed by atoms with Gasteiger partial charge in [-0.25, -0.2) is 9.78 Å². The van der Waals surface area contributed by atoms with E-state index < -0.39 is 12.1 Å². The molecule has 1 saturated carbocycles. The first-order chi connectivity index (χ1) is 12.6. The highest BCUT2D eigenvalue weighted by Gasteiger charge is 2.18. The van der Waals surface area contributed by atoms with Crippen molar-refractivity contribution in [1.82, 2.24) is 30.4 Å². The fourth-order valence-electron chi connectivity index (χ4n) is 3.00. The summed E-state index contributed by atoms with van der Waals surface area (Å²) in [6.07, 6.45) is 10.6. The van der Waals surface area contributed by atoms with E-state index in [2.05, 4.69) is 31.0 Å². The third-order valence-corrected chi connectivity index (χ3v) is 4.25. The molecule has 0 saturated heterocycles. The second kappa shape index (κ2) is 8.48. The lowest BCUT2D eigenvalue weighted by atomic mass is 10.2. The van der Waals surface area contributed by atoms with Crippen molar-refractivity contribution < 1.29 is 14.7 Å². The topological polar surface area (TPSA) is 137 Å². The number of urea groups is 1. The number of hydrogen-bond donors (Lipinski definition) is 5. The van der Waals surface area contributed by atoms with Gasteiger partial charge in [0.05, 0.1) is 18.5 Å². The van der Waals surface area contributed by atoms with Crippen molar-refractivity contribution in [1.29, 1.82) is 0 Å². The van der Waals surface area contributed by atoms with E-state index >= 15 is 0 Å². The molecule has 0 aromatic carbocycles. The number of H-pyrrole nitrogens is 1. The third kappa shape index (κ3) is 4.82. The van der Waals surface area contributed by atoms with Crippen LogP contribution in [0.15, 0.2) is 24.8 Å². The SMILES string of the molecule is O=C(Cn1cc(NC(=O)NC(CO)c2ncc[nH]2)cn1)NC1CCCC1. The molecular formula is C16H23N7O3. The lowest BCUT2D eigenvalue weighted by Gasteiger charge is -2.14. The third-order valence-electron chi connectivity index (χ3n) is 4.25. The van der Waals surface area contributed by atoms with Gasteiger partial charge in [-0.3, -0.25) is 9.48 Å². The number of aliphatic hydroxyl groups excluding tert-OH is 1. The van der Waals surface area contributed by atoms with Gasteiger partial charge in [-0.15, -0.1) is 0 Å². The Balaban J connectivity index is 1.48. The van der Waals surface area contributed by atoms with Gasteiger partial charge in [0.25, 0.3) is 0 Å². The summed E-state index contributed by atoms with van der Waals surface area (Å²) in [5, 5.41) is 21.7. The largest absolute Gasteiger partial charge is 0.394 e. The van der Waals surface area contributed by atoms with Crippen LogP contribution in [0, 0.1) is 0 Å². The van der Waals surface area contributed by atoms with Gasteiger partial charge in [0.1, 0.15) is 18.4 Å². The summed E-state index contributed by atoms with van der Waals surface area (Å²) in [6.45, 7) is -0.188. The fourth-order valence-corrected chi connectivity index (χ4v) is 3.00. The smallest absolute Gasteiger partial charge is 0.320 e. The lowest BCUT2D eigenvalue weighted by molar-refractivity contribution is -0.122. The van der Waals surface area contributed by atoms with Gasteiger partial charge in [-0.05, 0) is 12.8 Å². The van der Waals surface area contributed by atoms with Crippen molar-refractivity contribution in [3.63, 3.8) is 0 Å². The summed E-state index contributed by atoms with van der Waals surface area (Å²) in [6, 6.07) is -0.883. The van der Waals surface area contributed by atoms with E-state index in [1.165, 1.54) is 17.1 Å². The molecule has 3 rings (SSSR count). The van der Waals surface area contributed by atoms with E-state index in [0.29, 0.717) is 11.5 Å². The van der Waals surface area contributed by atoms with Crippen LogP contribution in [-0.2, 0) is 11.3 Å². The van der Waals surface area contributed by atoms with Crippen LogP contribution < -0.4 is 16.0 Å². The summed E-state index contributed by atoms with van der Waals surface area (Å²) >= 11 is 0. The zero-order chi connectivity index (χ0) is 18.4. The normalized spacial score (nSPS) is 15.6. The first-order valence-corrected chi connectivity index (χ1v) is 8.63. The predicted molar refractivity (Wildman–Crippen MR) is 93.2 cm³/mol. The number of imidazole rings is 1. The number of aromatic nitrogens is 4. The van der Waals surface area contributed by atoms with Crippen molar-refractivity contribution in [2.24, 2.45) is 0 Å². The average molecular weight is 361 g/mol. The second-order valence-corrected chi connectivity index (χ2v) is 6.28. The van der Waals surface area contributed by atoms with Crippen LogP contribution in [0.5, 0.6) is 0 Å². The highest BCUT2D eigenvalue weighted by molar-refractivity contribution is 5.89. The zero-order valence-corrected chi connectivity index (χ0v) is 14.3. The van der Waals surface area contributed by atoms with Crippen LogP contribution in [0.4, 0.5) is 10.5 Å². The number of aliphatic hydroxyl groups is 1. The van der Waals surface area contributed by atoms with Crippen molar-refractivity contribution in [2.45, 2.75) is 44.3 Å². The Morgan fingerprint density at radius 3 is 2.88 bits per heavy atom. The van der Waals surface area contributed by atoms with Gasteiger partial charge in [-0.1, -0.05) is 12.8 Å². The number of carbonyl (C=O) groups excluding carboxylic acids is 2. The van der Waals surface area contributed by atoms with E-state index in [-0.39, 0.29) is 25.1 Å². The van der Waals surface area contributed by atoms with E-state index in [0.717, 1.165) is 25.7 Å². The molecule has 10 heteroatoms. The summed E-state index contributed by atoms with van der Waals surface area (Å²) in [4.78, 5) is 30.9.